The fraction of sp³-hybridized carbons (Fsp3) is 0.120. The molecule has 10 heteroatoms. The van der Waals surface area contributed by atoms with Gasteiger partial charge < -0.3 is 19.5 Å². The first-order valence-corrected chi connectivity index (χ1v) is 10.5. The van der Waals surface area contributed by atoms with E-state index in [1.807, 2.05) is 6.92 Å². The Morgan fingerprint density at radius 3 is 2.31 bits per heavy atom. The normalized spacial score (nSPS) is 10.4. The van der Waals surface area contributed by atoms with Gasteiger partial charge in [-0.3, -0.25) is 15.2 Å². The van der Waals surface area contributed by atoms with Gasteiger partial charge in [0.15, 0.2) is 17.3 Å². The lowest BCUT2D eigenvalue weighted by atomic mass is 10.2. The number of nitrogens with one attached hydrogen (secondary N) is 2. The van der Waals surface area contributed by atoms with Crippen LogP contribution in [0.3, 0.4) is 0 Å². The van der Waals surface area contributed by atoms with Crippen LogP contribution in [0.1, 0.15) is 5.56 Å². The second-order valence-electron chi connectivity index (χ2n) is 7.36. The van der Waals surface area contributed by atoms with E-state index >= 15 is 0 Å². The van der Waals surface area contributed by atoms with Crippen LogP contribution >= 0.6 is 0 Å². The fourth-order valence-electron chi connectivity index (χ4n) is 3.37. The number of aryl methyl sites for hydroxylation is 1. The molecule has 2 aromatic carbocycles. The molecule has 0 aliphatic carbocycles. The van der Waals surface area contributed by atoms with Crippen LogP contribution in [-0.2, 0) is 4.79 Å². The average Bonchev–Trinajstić information content (AvgIpc) is 2.87. The van der Waals surface area contributed by atoms with Crippen LogP contribution in [0.25, 0.3) is 10.9 Å². The van der Waals surface area contributed by atoms with Crippen molar-refractivity contribution < 1.29 is 23.8 Å². The highest BCUT2D eigenvalue weighted by atomic mass is 16.5. The van der Waals surface area contributed by atoms with Gasteiger partial charge in [0.2, 0.25) is 6.41 Å². The number of amides is 3. The van der Waals surface area contributed by atoms with Crippen LogP contribution in [0.4, 0.5) is 16.3 Å². The van der Waals surface area contributed by atoms with E-state index in [4.69, 9.17) is 14.2 Å². The van der Waals surface area contributed by atoms with Crippen LogP contribution in [0, 0.1) is 6.92 Å². The van der Waals surface area contributed by atoms with Crippen molar-refractivity contribution in [2.45, 2.75) is 6.92 Å². The summed E-state index contributed by atoms with van der Waals surface area (Å²) in [5, 5.41) is 4.50. The maximum atomic E-state index is 12.7. The van der Waals surface area contributed by atoms with Crippen molar-refractivity contribution in [1.29, 1.82) is 0 Å². The Bertz CT molecular complexity index is 1360. The molecule has 4 rings (SSSR count). The van der Waals surface area contributed by atoms with Gasteiger partial charge in [0.05, 0.1) is 19.7 Å². The number of fused-ring (bicyclic) bond motifs is 1. The van der Waals surface area contributed by atoms with Crippen molar-refractivity contribution in [3.05, 3.63) is 72.6 Å². The van der Waals surface area contributed by atoms with Crippen LogP contribution in [0.2, 0.25) is 0 Å². The van der Waals surface area contributed by atoms with Crippen molar-refractivity contribution in [2.24, 2.45) is 0 Å². The molecule has 2 aromatic heterocycles. The van der Waals surface area contributed by atoms with E-state index in [0.29, 0.717) is 40.6 Å². The maximum absolute atomic E-state index is 12.7. The Kier molecular flexibility index (Phi) is 6.91. The van der Waals surface area contributed by atoms with E-state index in [9.17, 15) is 9.59 Å². The summed E-state index contributed by atoms with van der Waals surface area (Å²) in [7, 11) is 3.13. The molecule has 0 fully saturated rings. The van der Waals surface area contributed by atoms with Crippen LogP contribution in [0.5, 0.6) is 23.0 Å². The number of ether oxygens (including phenoxy) is 3. The highest BCUT2D eigenvalue weighted by Gasteiger charge is 2.17. The number of rotatable bonds is 8. The highest BCUT2D eigenvalue weighted by Crippen LogP contribution is 2.37. The molecule has 35 heavy (non-hydrogen) atoms. The molecule has 4 aromatic rings. The first kappa shape index (κ1) is 23.3. The zero-order chi connectivity index (χ0) is 24.8. The van der Waals surface area contributed by atoms with Crippen molar-refractivity contribution >= 4 is 34.8 Å². The number of aromatic nitrogens is 2. The van der Waals surface area contributed by atoms with Gasteiger partial charge in [0.25, 0.3) is 0 Å². The Labute approximate surface area is 201 Å². The molecule has 0 aliphatic heterocycles. The lowest BCUT2D eigenvalue weighted by Crippen LogP contribution is -2.45. The van der Waals surface area contributed by atoms with Crippen molar-refractivity contribution in [3.63, 3.8) is 0 Å². The highest BCUT2D eigenvalue weighted by molar-refractivity contribution is 6.01. The average molecular weight is 473 g/mol. The number of carbonyl (C=O) groups is 2. The van der Waals surface area contributed by atoms with Crippen LogP contribution < -0.4 is 30.0 Å². The van der Waals surface area contributed by atoms with E-state index in [2.05, 4.69) is 20.7 Å². The molecule has 2 N–H and O–H groups in total. The Balaban J connectivity index is 1.52. The maximum Gasteiger partial charge on any atom is 0.346 e. The monoisotopic (exact) mass is 473 g/mol. The predicted molar refractivity (Wildman–Crippen MR) is 131 cm³/mol. The largest absolute Gasteiger partial charge is 0.493 e. The van der Waals surface area contributed by atoms with E-state index in [0.717, 1.165) is 16.0 Å². The third-order valence-electron chi connectivity index (χ3n) is 5.06. The van der Waals surface area contributed by atoms with Gasteiger partial charge in [-0.15, -0.1) is 0 Å². The van der Waals surface area contributed by atoms with E-state index in [-0.39, 0.29) is 5.82 Å². The number of carbonyl (C=O) groups excluding carboxylic acids is 2. The predicted octanol–water partition coefficient (Wildman–Crippen LogP) is 4.45. The zero-order valence-electron chi connectivity index (χ0n) is 19.3. The molecule has 3 amide bonds. The molecule has 0 radical (unpaired) electrons. The fourth-order valence-corrected chi connectivity index (χ4v) is 3.37. The summed E-state index contributed by atoms with van der Waals surface area (Å²) in [6.07, 6.45) is 3.61. The van der Waals surface area contributed by atoms with Crippen LogP contribution in [-0.4, -0.2) is 36.6 Å². The molecule has 0 saturated heterocycles. The minimum Gasteiger partial charge on any atom is -0.493 e. The number of benzene rings is 2. The molecular formula is C25H23N5O5. The summed E-state index contributed by atoms with van der Waals surface area (Å²) in [6, 6.07) is 15.0. The molecule has 10 nitrogen and oxygen atoms in total. The summed E-state index contributed by atoms with van der Waals surface area (Å²) in [5.74, 6) is 2.55. The smallest absolute Gasteiger partial charge is 0.346 e. The molecule has 0 spiro atoms. The summed E-state index contributed by atoms with van der Waals surface area (Å²) in [6.45, 7) is 1.86. The van der Waals surface area contributed by atoms with Gasteiger partial charge in [-0.05, 0) is 61.0 Å². The standard InChI is InChI=1S/C25H23N5O5/c1-16-8-10-27-24(12-16)30(28-15-31)25(32)29-17-4-6-18(7-5-17)35-21-9-11-26-20-14-23(34-3)22(33-2)13-19(20)21/h4-15H,1-3H3,(H,28,31)(H,29,32). The lowest BCUT2D eigenvalue weighted by Gasteiger charge is -2.20. The van der Waals surface area contributed by atoms with Gasteiger partial charge in [-0.1, -0.05) is 0 Å². The van der Waals surface area contributed by atoms with Crippen molar-refractivity contribution in [2.75, 3.05) is 24.5 Å². The zero-order valence-corrected chi connectivity index (χ0v) is 19.3. The third-order valence-corrected chi connectivity index (χ3v) is 5.06. The van der Waals surface area contributed by atoms with E-state index in [1.165, 1.54) is 0 Å². The van der Waals surface area contributed by atoms with E-state index < -0.39 is 6.03 Å². The number of nitrogens with zero attached hydrogens (tertiary/aromatic N) is 3. The van der Waals surface area contributed by atoms with Gasteiger partial charge >= 0.3 is 6.03 Å². The number of anilines is 2. The number of urea groups is 1. The number of hydrogen-bond donors (Lipinski definition) is 2. The summed E-state index contributed by atoms with van der Waals surface area (Å²) in [5.41, 5.74) is 4.43. The first-order chi connectivity index (χ1) is 17.0. The Morgan fingerprint density at radius 1 is 0.914 bits per heavy atom. The molecule has 2 heterocycles. The number of methoxy groups -OCH3 is 2. The Morgan fingerprint density at radius 2 is 1.63 bits per heavy atom. The molecule has 0 unspecified atom stereocenters. The second kappa shape index (κ2) is 10.4. The summed E-state index contributed by atoms with van der Waals surface area (Å²) in [4.78, 5) is 32.3. The molecule has 0 atom stereocenters. The van der Waals surface area contributed by atoms with Crippen LogP contribution in [0.15, 0.2) is 67.0 Å². The molecule has 178 valence electrons. The molecule has 0 aliphatic rings. The van der Waals surface area contributed by atoms with E-state index in [1.54, 1.807) is 81.2 Å². The summed E-state index contributed by atoms with van der Waals surface area (Å²) < 4.78 is 16.8. The van der Waals surface area contributed by atoms with Gasteiger partial charge in [-0.25, -0.2) is 9.78 Å². The lowest BCUT2D eigenvalue weighted by molar-refractivity contribution is -0.109. The van der Waals surface area contributed by atoms with Gasteiger partial charge in [0, 0.05) is 29.5 Å². The van der Waals surface area contributed by atoms with Gasteiger partial charge in [-0.2, -0.15) is 5.01 Å². The topological polar surface area (TPSA) is 115 Å². The van der Waals surface area contributed by atoms with Crippen molar-refractivity contribution in [3.8, 4) is 23.0 Å². The summed E-state index contributed by atoms with van der Waals surface area (Å²) >= 11 is 0. The second-order valence-corrected chi connectivity index (χ2v) is 7.36. The molecular weight excluding hydrogens is 450 g/mol. The van der Waals surface area contributed by atoms with Crippen molar-refractivity contribution in [1.82, 2.24) is 15.4 Å². The quantitative estimate of drug-likeness (QED) is 0.287. The number of hydrazine groups is 1. The minimum atomic E-state index is -0.579. The van der Waals surface area contributed by atoms with Gasteiger partial charge in [0.1, 0.15) is 11.5 Å². The first-order valence-electron chi connectivity index (χ1n) is 10.5. The minimum absolute atomic E-state index is 0.283. The third kappa shape index (κ3) is 5.22. The molecule has 0 bridgehead atoms. The number of pyridine rings is 2. The SMILES string of the molecule is COc1cc2nccc(Oc3ccc(NC(=O)N(NC=O)c4cc(C)ccn4)cc3)c2cc1OC. The molecule has 0 saturated carbocycles. The Hall–Kier alpha value is -4.86. The number of hydrogen-bond acceptors (Lipinski definition) is 7.